The number of rotatable bonds is 5. The summed E-state index contributed by atoms with van der Waals surface area (Å²) in [6.07, 6.45) is 0.141. The third kappa shape index (κ3) is 3.62. The summed E-state index contributed by atoms with van der Waals surface area (Å²) in [5.74, 6) is 4.74. The van der Waals surface area contributed by atoms with E-state index < -0.39 is 0 Å². The van der Waals surface area contributed by atoms with Crippen molar-refractivity contribution < 1.29 is 9.59 Å². The fourth-order valence-electron chi connectivity index (χ4n) is 1.60. The van der Waals surface area contributed by atoms with Gasteiger partial charge in [0.05, 0.1) is 12.1 Å². The van der Waals surface area contributed by atoms with Crippen LogP contribution in [-0.4, -0.2) is 16.7 Å². The molecule has 20 heavy (non-hydrogen) atoms. The first-order chi connectivity index (χ1) is 9.58. The van der Waals surface area contributed by atoms with Crippen molar-refractivity contribution in [3.8, 4) is 0 Å². The Hall–Kier alpha value is -2.25. The molecule has 104 valence electrons. The Kier molecular flexibility index (Phi) is 4.44. The summed E-state index contributed by atoms with van der Waals surface area (Å²) in [7, 11) is 0. The third-order valence-electron chi connectivity index (χ3n) is 2.57. The summed E-state index contributed by atoms with van der Waals surface area (Å²) in [5.41, 5.74) is 4.12. The molecule has 0 saturated heterocycles. The van der Waals surface area contributed by atoms with E-state index in [1.807, 2.05) is 6.07 Å². The van der Waals surface area contributed by atoms with Crippen molar-refractivity contribution in [1.29, 1.82) is 0 Å². The zero-order valence-electron chi connectivity index (χ0n) is 10.8. The molecular formula is C13H14N4O2S. The number of nitrogens with zero attached hydrogens (tertiary/aromatic N) is 1. The number of hydrogen-bond donors (Lipinski definition) is 3. The van der Waals surface area contributed by atoms with Gasteiger partial charge in [0.2, 0.25) is 5.91 Å². The minimum Gasteiger partial charge on any atom is -0.332 e. The molecule has 0 unspecified atom stereocenters. The highest BCUT2D eigenvalue weighted by molar-refractivity contribution is 7.13. The maximum Gasteiger partial charge on any atom is 0.239 e. The number of benzene rings is 1. The fourth-order valence-corrected chi connectivity index (χ4v) is 2.33. The van der Waals surface area contributed by atoms with Crippen LogP contribution < -0.4 is 16.6 Å². The number of ketones is 1. The average Bonchev–Trinajstić information content (AvgIpc) is 2.86. The number of hydrazine groups is 1. The van der Waals surface area contributed by atoms with Gasteiger partial charge in [0.1, 0.15) is 0 Å². The second-order valence-electron chi connectivity index (χ2n) is 4.15. The first-order valence-electron chi connectivity index (χ1n) is 5.90. The standard InChI is InChI=1S/C13H14N4O2S/c1-8(18)9-3-2-4-10(5-9)15-13-16-11(7-20-13)6-12(19)17-14/h2-5,7H,6,14H2,1H3,(H,15,16)(H,17,19). The molecule has 0 aliphatic heterocycles. The number of thiazole rings is 1. The number of hydrogen-bond acceptors (Lipinski definition) is 6. The Morgan fingerprint density at radius 1 is 1.40 bits per heavy atom. The Balaban J connectivity index is 2.08. The van der Waals surface area contributed by atoms with Gasteiger partial charge in [-0.05, 0) is 19.1 Å². The smallest absolute Gasteiger partial charge is 0.239 e. The van der Waals surface area contributed by atoms with E-state index >= 15 is 0 Å². The predicted octanol–water partition coefficient (Wildman–Crippen LogP) is 1.62. The zero-order chi connectivity index (χ0) is 14.5. The lowest BCUT2D eigenvalue weighted by Crippen LogP contribution is -2.31. The molecule has 0 radical (unpaired) electrons. The van der Waals surface area contributed by atoms with E-state index in [9.17, 15) is 9.59 Å². The molecule has 0 fully saturated rings. The quantitative estimate of drug-likeness (QED) is 0.336. The zero-order valence-corrected chi connectivity index (χ0v) is 11.7. The van der Waals surface area contributed by atoms with Crippen molar-refractivity contribution in [2.75, 3.05) is 5.32 Å². The number of Topliss-reactive ketones (excluding diaryl/α,β-unsaturated/α-hetero) is 1. The molecule has 4 N–H and O–H groups in total. The fraction of sp³-hybridized carbons (Fsp3) is 0.154. The van der Waals surface area contributed by atoms with Crippen LogP contribution in [0.3, 0.4) is 0 Å². The molecule has 1 amide bonds. The summed E-state index contributed by atoms with van der Waals surface area (Å²) < 4.78 is 0. The van der Waals surface area contributed by atoms with E-state index in [0.717, 1.165) is 5.69 Å². The second-order valence-corrected chi connectivity index (χ2v) is 5.01. The number of amides is 1. The van der Waals surface area contributed by atoms with E-state index in [0.29, 0.717) is 16.4 Å². The van der Waals surface area contributed by atoms with Crippen LogP contribution in [-0.2, 0) is 11.2 Å². The summed E-state index contributed by atoms with van der Waals surface area (Å²) in [5, 5.41) is 5.55. The molecule has 1 aromatic heterocycles. The Labute approximate surface area is 120 Å². The summed E-state index contributed by atoms with van der Waals surface area (Å²) >= 11 is 1.38. The maximum atomic E-state index is 11.3. The largest absolute Gasteiger partial charge is 0.332 e. The molecule has 0 aliphatic carbocycles. The molecule has 0 bridgehead atoms. The van der Waals surface area contributed by atoms with Crippen molar-refractivity contribution in [3.05, 3.63) is 40.9 Å². The van der Waals surface area contributed by atoms with E-state index in [2.05, 4.69) is 15.7 Å². The summed E-state index contributed by atoms with van der Waals surface area (Å²) in [6, 6.07) is 7.16. The van der Waals surface area contributed by atoms with Crippen LogP contribution in [0.5, 0.6) is 0 Å². The van der Waals surface area contributed by atoms with Gasteiger partial charge in [-0.1, -0.05) is 12.1 Å². The number of anilines is 2. The predicted molar refractivity (Wildman–Crippen MR) is 77.9 cm³/mol. The molecule has 7 heteroatoms. The number of aromatic nitrogens is 1. The van der Waals surface area contributed by atoms with Gasteiger partial charge < -0.3 is 5.32 Å². The van der Waals surface area contributed by atoms with Crippen LogP contribution in [0.4, 0.5) is 10.8 Å². The van der Waals surface area contributed by atoms with Crippen LogP contribution in [0, 0.1) is 0 Å². The van der Waals surface area contributed by atoms with E-state index in [4.69, 9.17) is 5.84 Å². The van der Waals surface area contributed by atoms with Crippen LogP contribution in [0.25, 0.3) is 0 Å². The van der Waals surface area contributed by atoms with Crippen LogP contribution in [0.1, 0.15) is 23.0 Å². The Morgan fingerprint density at radius 3 is 2.90 bits per heavy atom. The van der Waals surface area contributed by atoms with Crippen molar-refractivity contribution in [1.82, 2.24) is 10.4 Å². The normalized spacial score (nSPS) is 10.1. The third-order valence-corrected chi connectivity index (χ3v) is 3.38. The molecule has 0 atom stereocenters. The molecule has 0 spiro atoms. The monoisotopic (exact) mass is 290 g/mol. The summed E-state index contributed by atoms with van der Waals surface area (Å²) in [6.45, 7) is 1.52. The van der Waals surface area contributed by atoms with Gasteiger partial charge in [0.15, 0.2) is 10.9 Å². The lowest BCUT2D eigenvalue weighted by molar-refractivity contribution is -0.120. The van der Waals surface area contributed by atoms with E-state index in [-0.39, 0.29) is 18.1 Å². The van der Waals surface area contributed by atoms with Crippen molar-refractivity contribution in [2.45, 2.75) is 13.3 Å². The maximum absolute atomic E-state index is 11.3. The average molecular weight is 290 g/mol. The highest BCUT2D eigenvalue weighted by Gasteiger charge is 2.07. The van der Waals surface area contributed by atoms with Gasteiger partial charge in [-0.25, -0.2) is 10.8 Å². The first kappa shape index (κ1) is 14.2. The van der Waals surface area contributed by atoms with Gasteiger partial charge in [0.25, 0.3) is 0 Å². The topological polar surface area (TPSA) is 97.1 Å². The lowest BCUT2D eigenvalue weighted by Gasteiger charge is -2.03. The minimum absolute atomic E-state index is 0.00750. The van der Waals surface area contributed by atoms with E-state index in [1.54, 1.807) is 23.6 Å². The van der Waals surface area contributed by atoms with Gasteiger partial charge in [-0.15, -0.1) is 11.3 Å². The Bertz CT molecular complexity index is 639. The van der Waals surface area contributed by atoms with Gasteiger partial charge >= 0.3 is 0 Å². The molecular weight excluding hydrogens is 276 g/mol. The Morgan fingerprint density at radius 2 is 2.20 bits per heavy atom. The number of carbonyl (C=O) groups excluding carboxylic acids is 2. The minimum atomic E-state index is -0.291. The van der Waals surface area contributed by atoms with Gasteiger partial charge in [0, 0.05) is 16.6 Å². The van der Waals surface area contributed by atoms with Crippen molar-refractivity contribution >= 4 is 33.8 Å². The van der Waals surface area contributed by atoms with Crippen LogP contribution in [0.2, 0.25) is 0 Å². The van der Waals surface area contributed by atoms with Crippen LogP contribution in [0.15, 0.2) is 29.6 Å². The highest BCUT2D eigenvalue weighted by Crippen LogP contribution is 2.22. The second kappa shape index (κ2) is 6.27. The number of nitrogens with one attached hydrogen (secondary N) is 2. The molecule has 2 aromatic rings. The van der Waals surface area contributed by atoms with Crippen LogP contribution >= 0.6 is 11.3 Å². The molecule has 6 nitrogen and oxygen atoms in total. The molecule has 1 aromatic carbocycles. The molecule has 2 rings (SSSR count). The highest BCUT2D eigenvalue weighted by atomic mass is 32.1. The molecule has 1 heterocycles. The number of nitrogens with two attached hydrogens (primary N) is 1. The van der Waals surface area contributed by atoms with Crippen molar-refractivity contribution in [3.63, 3.8) is 0 Å². The molecule has 0 saturated carbocycles. The first-order valence-corrected chi connectivity index (χ1v) is 6.78. The van der Waals surface area contributed by atoms with E-state index in [1.165, 1.54) is 18.3 Å². The lowest BCUT2D eigenvalue weighted by atomic mass is 10.1. The van der Waals surface area contributed by atoms with Gasteiger partial charge in [-0.3, -0.25) is 15.0 Å². The summed E-state index contributed by atoms with van der Waals surface area (Å²) in [4.78, 5) is 26.7. The SMILES string of the molecule is CC(=O)c1cccc(Nc2nc(CC(=O)NN)cs2)c1. The van der Waals surface area contributed by atoms with Gasteiger partial charge in [-0.2, -0.15) is 0 Å². The molecule has 0 aliphatic rings. The number of carbonyl (C=O) groups is 2. The van der Waals surface area contributed by atoms with Crippen molar-refractivity contribution in [2.24, 2.45) is 5.84 Å².